The van der Waals surface area contributed by atoms with Crippen molar-refractivity contribution in [3.05, 3.63) is 242 Å². The highest BCUT2D eigenvalue weighted by Gasteiger charge is 2.38. The van der Waals surface area contributed by atoms with Crippen LogP contribution in [-0.4, -0.2) is 4.57 Å². The van der Waals surface area contributed by atoms with Gasteiger partial charge in [-0.25, -0.2) is 0 Å². The molecule has 1 heterocycles. The van der Waals surface area contributed by atoms with Crippen LogP contribution >= 0.6 is 0 Å². The van der Waals surface area contributed by atoms with Crippen molar-refractivity contribution in [2.45, 2.75) is 19.3 Å². The molecule has 0 N–H and O–H groups in total. The average molecular weight is 805 g/mol. The van der Waals surface area contributed by atoms with E-state index in [0.717, 1.165) is 17.1 Å². The van der Waals surface area contributed by atoms with Crippen LogP contribution in [-0.2, 0) is 5.41 Å². The maximum atomic E-state index is 2.52. The third kappa shape index (κ3) is 5.94. The Bertz CT molecular complexity index is 3370. The molecule has 0 aliphatic heterocycles. The second kappa shape index (κ2) is 14.6. The summed E-state index contributed by atoms with van der Waals surface area (Å²) in [6.45, 7) is 4.78. The fraction of sp³-hybridized carbons (Fsp3) is 0.0492. The van der Waals surface area contributed by atoms with E-state index in [1.807, 2.05) is 0 Å². The maximum Gasteiger partial charge on any atom is 0.0549 e. The van der Waals surface area contributed by atoms with Crippen molar-refractivity contribution >= 4 is 49.6 Å². The number of aromatic nitrogens is 1. The monoisotopic (exact) mass is 804 g/mol. The van der Waals surface area contributed by atoms with Gasteiger partial charge in [0.15, 0.2) is 0 Å². The molecule has 1 aliphatic carbocycles. The molecule has 10 aromatic carbocycles. The SMILES string of the molecule is CC1(C)c2ccccc2-c2c(-n3c4ccccc4c4ccccc43)cc(-c3ccc(N(c4ccc(-c5ccccc5)cc4)c4ccc(-c5ccccc5)cc4)c4ccccc34)cc21. The van der Waals surface area contributed by atoms with Gasteiger partial charge in [-0.2, -0.15) is 0 Å². The Labute approximate surface area is 368 Å². The van der Waals surface area contributed by atoms with Crippen molar-refractivity contribution in [2.24, 2.45) is 0 Å². The number of anilines is 3. The average Bonchev–Trinajstić information content (AvgIpc) is 3.80. The molecule has 0 saturated heterocycles. The Balaban J connectivity index is 1.08. The van der Waals surface area contributed by atoms with Crippen LogP contribution in [0.3, 0.4) is 0 Å². The fourth-order valence-corrected chi connectivity index (χ4v) is 10.3. The van der Waals surface area contributed by atoms with E-state index in [9.17, 15) is 0 Å². The highest BCUT2D eigenvalue weighted by Crippen LogP contribution is 2.54. The van der Waals surface area contributed by atoms with E-state index in [1.54, 1.807) is 0 Å². The van der Waals surface area contributed by atoms with E-state index < -0.39 is 0 Å². The zero-order valence-electron chi connectivity index (χ0n) is 35.3. The maximum absolute atomic E-state index is 2.52. The quantitative estimate of drug-likeness (QED) is 0.156. The summed E-state index contributed by atoms with van der Waals surface area (Å²) < 4.78 is 2.52. The lowest BCUT2D eigenvalue weighted by molar-refractivity contribution is 0.660. The molecule has 11 aromatic rings. The summed E-state index contributed by atoms with van der Waals surface area (Å²) in [6.07, 6.45) is 0. The van der Waals surface area contributed by atoms with Crippen LogP contribution in [0.25, 0.3) is 82.8 Å². The number of hydrogen-bond donors (Lipinski definition) is 0. The summed E-state index contributed by atoms with van der Waals surface area (Å²) in [5.41, 5.74) is 19.4. The fourth-order valence-electron chi connectivity index (χ4n) is 10.3. The van der Waals surface area contributed by atoms with Crippen LogP contribution < -0.4 is 4.90 Å². The van der Waals surface area contributed by atoms with Crippen molar-refractivity contribution in [3.8, 4) is 50.2 Å². The van der Waals surface area contributed by atoms with E-state index in [0.29, 0.717) is 0 Å². The van der Waals surface area contributed by atoms with Crippen molar-refractivity contribution in [2.75, 3.05) is 4.90 Å². The molecule has 0 spiro atoms. The summed E-state index contributed by atoms with van der Waals surface area (Å²) in [5.74, 6) is 0. The smallest absolute Gasteiger partial charge is 0.0549 e. The van der Waals surface area contributed by atoms with Crippen LogP contribution in [0.2, 0.25) is 0 Å². The van der Waals surface area contributed by atoms with Crippen molar-refractivity contribution in [3.63, 3.8) is 0 Å². The van der Waals surface area contributed by atoms with Gasteiger partial charge in [-0.15, -0.1) is 0 Å². The number of rotatable bonds is 7. The van der Waals surface area contributed by atoms with Gasteiger partial charge >= 0.3 is 0 Å². The van der Waals surface area contributed by atoms with Gasteiger partial charge < -0.3 is 9.47 Å². The highest BCUT2D eigenvalue weighted by atomic mass is 15.1. The predicted octanol–water partition coefficient (Wildman–Crippen LogP) is 16.7. The molecule has 12 rings (SSSR count). The Kier molecular flexibility index (Phi) is 8.55. The molecule has 0 unspecified atom stereocenters. The highest BCUT2D eigenvalue weighted by molar-refractivity contribution is 6.11. The minimum absolute atomic E-state index is 0.195. The standard InChI is InChI=1S/C61H44N2/c1-61(2)54-26-14-11-25-53(54)60-55(61)39-45(40-59(60)63-56-27-15-12-23-51(56)52-24-13-16-28-57(52)63)48-37-38-58(50-22-10-9-21-49(48)50)62(46-33-29-43(30-34-46)41-17-5-3-6-18-41)47-35-31-44(32-36-47)42-19-7-4-8-20-42/h3-40H,1-2H3. The van der Waals surface area contributed by atoms with Crippen molar-refractivity contribution in [1.29, 1.82) is 0 Å². The number of benzene rings is 10. The Hall–Kier alpha value is -7.94. The number of nitrogens with zero attached hydrogens (tertiary/aromatic N) is 2. The minimum Gasteiger partial charge on any atom is -0.310 e. The van der Waals surface area contributed by atoms with Gasteiger partial charge in [0.25, 0.3) is 0 Å². The van der Waals surface area contributed by atoms with Crippen LogP contribution in [0.1, 0.15) is 25.0 Å². The third-order valence-corrected chi connectivity index (χ3v) is 13.4. The first-order valence-corrected chi connectivity index (χ1v) is 21.9. The number of para-hydroxylation sites is 2. The predicted molar refractivity (Wildman–Crippen MR) is 267 cm³/mol. The minimum atomic E-state index is -0.195. The first kappa shape index (κ1) is 36.9. The lowest BCUT2D eigenvalue weighted by Crippen LogP contribution is -2.15. The molecule has 1 aliphatic rings. The second-order valence-corrected chi connectivity index (χ2v) is 17.3. The van der Waals surface area contributed by atoms with Gasteiger partial charge in [-0.1, -0.05) is 190 Å². The Morgan fingerprint density at radius 2 is 0.825 bits per heavy atom. The van der Waals surface area contributed by atoms with Crippen LogP contribution in [0.5, 0.6) is 0 Å². The first-order chi connectivity index (χ1) is 31.0. The van der Waals surface area contributed by atoms with E-state index in [-0.39, 0.29) is 5.41 Å². The van der Waals surface area contributed by atoms with Gasteiger partial charge in [0.2, 0.25) is 0 Å². The summed E-state index contributed by atoms with van der Waals surface area (Å²) in [4.78, 5) is 2.42. The molecular formula is C61H44N2. The van der Waals surface area contributed by atoms with E-state index in [1.165, 1.54) is 93.9 Å². The molecule has 0 bridgehead atoms. The number of hydrogen-bond acceptors (Lipinski definition) is 1. The number of fused-ring (bicyclic) bond motifs is 7. The van der Waals surface area contributed by atoms with E-state index >= 15 is 0 Å². The topological polar surface area (TPSA) is 8.17 Å². The normalized spacial score (nSPS) is 12.7. The van der Waals surface area contributed by atoms with Gasteiger partial charge in [0.1, 0.15) is 0 Å². The molecule has 0 fully saturated rings. The summed E-state index contributed by atoms with van der Waals surface area (Å²) >= 11 is 0. The molecule has 1 aromatic heterocycles. The van der Waals surface area contributed by atoms with E-state index in [4.69, 9.17) is 0 Å². The Morgan fingerprint density at radius 1 is 0.349 bits per heavy atom. The van der Waals surface area contributed by atoms with Crippen LogP contribution in [0.4, 0.5) is 17.1 Å². The third-order valence-electron chi connectivity index (χ3n) is 13.4. The molecule has 0 radical (unpaired) electrons. The van der Waals surface area contributed by atoms with Gasteiger partial charge in [0, 0.05) is 38.5 Å². The molecule has 2 heteroatoms. The van der Waals surface area contributed by atoms with Crippen molar-refractivity contribution in [1.82, 2.24) is 4.57 Å². The zero-order valence-corrected chi connectivity index (χ0v) is 35.3. The van der Waals surface area contributed by atoms with Gasteiger partial charge in [-0.05, 0) is 110 Å². The molecule has 0 saturated carbocycles. The Morgan fingerprint density at radius 3 is 1.41 bits per heavy atom. The molecule has 0 amide bonds. The molecule has 0 atom stereocenters. The molecule has 298 valence electrons. The van der Waals surface area contributed by atoms with E-state index in [2.05, 4.69) is 254 Å². The van der Waals surface area contributed by atoms with Crippen LogP contribution in [0, 0.1) is 0 Å². The molecule has 63 heavy (non-hydrogen) atoms. The lowest BCUT2D eigenvalue weighted by Gasteiger charge is -2.28. The first-order valence-electron chi connectivity index (χ1n) is 21.9. The lowest BCUT2D eigenvalue weighted by atomic mass is 9.81. The molecule has 2 nitrogen and oxygen atoms in total. The summed E-state index contributed by atoms with van der Waals surface area (Å²) in [5, 5.41) is 4.93. The summed E-state index contributed by atoms with van der Waals surface area (Å²) in [7, 11) is 0. The van der Waals surface area contributed by atoms with Gasteiger partial charge in [-0.3, -0.25) is 0 Å². The van der Waals surface area contributed by atoms with Crippen LogP contribution in [0.15, 0.2) is 231 Å². The summed E-state index contributed by atoms with van der Waals surface area (Å²) in [6, 6.07) is 84.6. The molecular weight excluding hydrogens is 761 g/mol. The zero-order chi connectivity index (χ0) is 42.1. The largest absolute Gasteiger partial charge is 0.310 e. The second-order valence-electron chi connectivity index (χ2n) is 17.3. The van der Waals surface area contributed by atoms with Crippen molar-refractivity contribution < 1.29 is 0 Å². The van der Waals surface area contributed by atoms with Gasteiger partial charge in [0.05, 0.1) is 22.4 Å².